The van der Waals surface area contributed by atoms with Crippen molar-refractivity contribution in [3.63, 3.8) is 0 Å². The third kappa shape index (κ3) is 3.32. The Morgan fingerprint density at radius 2 is 1.77 bits per heavy atom. The number of benzene rings is 2. The maximum absolute atomic E-state index is 12.2. The van der Waals surface area contributed by atoms with Gasteiger partial charge in [0.2, 0.25) is 0 Å². The van der Waals surface area contributed by atoms with Gasteiger partial charge in [-0.15, -0.1) is 0 Å². The Kier molecular flexibility index (Phi) is 4.59. The molecule has 7 heteroatoms. The van der Waals surface area contributed by atoms with Crippen LogP contribution in [-0.4, -0.2) is 22.1 Å². The molecule has 0 heterocycles. The van der Waals surface area contributed by atoms with Crippen molar-refractivity contribution < 1.29 is 19.8 Å². The van der Waals surface area contributed by atoms with E-state index in [1.807, 2.05) is 0 Å². The summed E-state index contributed by atoms with van der Waals surface area (Å²) in [6.07, 6.45) is 0. The summed E-state index contributed by atoms with van der Waals surface area (Å²) < 4.78 is 0. The van der Waals surface area contributed by atoms with Gasteiger partial charge in [-0.25, -0.2) is 4.79 Å². The Labute approximate surface area is 136 Å². The van der Waals surface area contributed by atoms with E-state index in [1.54, 1.807) is 0 Å². The van der Waals surface area contributed by atoms with Crippen molar-refractivity contribution in [2.45, 2.75) is 6.92 Å². The number of amides is 1. The number of hydrogen-bond acceptors (Lipinski definition) is 3. The molecule has 0 saturated carbocycles. The number of aryl methyl sites for hydroxylation is 1. The first-order valence-electron chi connectivity index (χ1n) is 6.13. The molecule has 2 aromatic carbocycles. The monoisotopic (exact) mass is 339 g/mol. The summed E-state index contributed by atoms with van der Waals surface area (Å²) in [6, 6.07) is 7.05. The highest BCUT2D eigenvalue weighted by molar-refractivity contribution is 6.37. The van der Waals surface area contributed by atoms with Crippen LogP contribution in [0.3, 0.4) is 0 Å². The minimum Gasteiger partial charge on any atom is -0.507 e. The lowest BCUT2D eigenvalue weighted by molar-refractivity contribution is 0.0693. The molecule has 0 unspecified atom stereocenters. The number of aromatic hydroxyl groups is 1. The first kappa shape index (κ1) is 16.1. The first-order chi connectivity index (χ1) is 10.3. The van der Waals surface area contributed by atoms with Crippen LogP contribution in [0, 0.1) is 6.92 Å². The van der Waals surface area contributed by atoms with Crippen molar-refractivity contribution >= 4 is 40.8 Å². The molecule has 0 radical (unpaired) electrons. The Bertz CT molecular complexity index is 774. The van der Waals surface area contributed by atoms with Crippen molar-refractivity contribution in [3.05, 3.63) is 57.1 Å². The van der Waals surface area contributed by atoms with E-state index in [2.05, 4.69) is 5.32 Å². The van der Waals surface area contributed by atoms with Gasteiger partial charge in [0.1, 0.15) is 11.3 Å². The summed E-state index contributed by atoms with van der Waals surface area (Å²) >= 11 is 11.7. The zero-order valence-electron chi connectivity index (χ0n) is 11.4. The van der Waals surface area contributed by atoms with Gasteiger partial charge < -0.3 is 15.5 Å². The van der Waals surface area contributed by atoms with Crippen LogP contribution in [0.2, 0.25) is 10.0 Å². The van der Waals surface area contributed by atoms with Gasteiger partial charge in [-0.3, -0.25) is 4.79 Å². The molecule has 0 spiro atoms. The predicted molar refractivity (Wildman–Crippen MR) is 84.2 cm³/mol. The van der Waals surface area contributed by atoms with Crippen LogP contribution in [0.5, 0.6) is 5.75 Å². The molecule has 0 aliphatic carbocycles. The molecule has 22 heavy (non-hydrogen) atoms. The van der Waals surface area contributed by atoms with Crippen molar-refractivity contribution in [1.29, 1.82) is 0 Å². The number of aromatic carboxylic acids is 1. The Morgan fingerprint density at radius 1 is 1.09 bits per heavy atom. The second kappa shape index (κ2) is 6.25. The van der Waals surface area contributed by atoms with Crippen LogP contribution in [0.25, 0.3) is 0 Å². The predicted octanol–water partition coefficient (Wildman–Crippen LogP) is 3.96. The van der Waals surface area contributed by atoms with Crippen LogP contribution in [0.15, 0.2) is 30.3 Å². The van der Waals surface area contributed by atoms with Gasteiger partial charge >= 0.3 is 5.97 Å². The minimum atomic E-state index is -1.29. The van der Waals surface area contributed by atoms with E-state index in [9.17, 15) is 14.7 Å². The van der Waals surface area contributed by atoms with Crippen LogP contribution < -0.4 is 5.32 Å². The second-order valence-corrected chi connectivity index (χ2v) is 5.42. The number of nitrogens with one attached hydrogen (secondary N) is 1. The molecule has 3 N–H and O–H groups in total. The third-order valence-electron chi connectivity index (χ3n) is 2.96. The molecule has 0 fully saturated rings. The van der Waals surface area contributed by atoms with E-state index in [0.717, 1.165) is 0 Å². The highest BCUT2D eigenvalue weighted by Gasteiger charge is 2.16. The molecule has 2 aromatic rings. The number of carboxylic acid groups (broad SMARTS) is 1. The Morgan fingerprint density at radius 3 is 2.36 bits per heavy atom. The molecule has 114 valence electrons. The maximum atomic E-state index is 12.2. The van der Waals surface area contributed by atoms with Gasteiger partial charge in [0.15, 0.2) is 0 Å². The van der Waals surface area contributed by atoms with E-state index in [1.165, 1.54) is 37.3 Å². The van der Waals surface area contributed by atoms with Crippen LogP contribution >= 0.6 is 23.2 Å². The SMILES string of the molecule is Cc1cc(NC(=O)c2ccc(Cl)cc2Cl)cc(C(=O)O)c1O. The third-order valence-corrected chi connectivity index (χ3v) is 3.51. The standard InChI is InChI=1S/C15H11Cl2NO4/c1-7-4-9(6-11(13(7)19)15(21)22)18-14(20)10-3-2-8(16)5-12(10)17/h2-6,19H,1H3,(H,18,20)(H,21,22). The quantitative estimate of drug-likeness (QED) is 0.738. The van der Waals surface area contributed by atoms with E-state index in [-0.39, 0.29) is 27.6 Å². The number of rotatable bonds is 3. The fraction of sp³-hybridized carbons (Fsp3) is 0.0667. The lowest BCUT2D eigenvalue weighted by Gasteiger charge is -2.10. The first-order valence-corrected chi connectivity index (χ1v) is 6.88. The summed E-state index contributed by atoms with van der Waals surface area (Å²) in [4.78, 5) is 23.2. The summed E-state index contributed by atoms with van der Waals surface area (Å²) in [5.74, 6) is -2.14. The molecule has 0 aliphatic rings. The number of phenols is 1. The summed E-state index contributed by atoms with van der Waals surface area (Å²) in [5, 5.41) is 21.8. The normalized spacial score (nSPS) is 10.3. The second-order valence-electron chi connectivity index (χ2n) is 4.57. The smallest absolute Gasteiger partial charge is 0.339 e. The van der Waals surface area contributed by atoms with Crippen molar-refractivity contribution in [2.24, 2.45) is 0 Å². The number of halogens is 2. The lowest BCUT2D eigenvalue weighted by atomic mass is 10.1. The van der Waals surface area contributed by atoms with Crippen LogP contribution in [0.1, 0.15) is 26.3 Å². The largest absolute Gasteiger partial charge is 0.507 e. The number of anilines is 1. The van der Waals surface area contributed by atoms with Crippen molar-refractivity contribution in [1.82, 2.24) is 0 Å². The molecule has 0 atom stereocenters. The average molecular weight is 340 g/mol. The van der Waals surface area contributed by atoms with Gasteiger partial charge in [-0.1, -0.05) is 23.2 Å². The van der Waals surface area contributed by atoms with Gasteiger partial charge in [-0.05, 0) is 42.8 Å². The van der Waals surface area contributed by atoms with Crippen LogP contribution in [0.4, 0.5) is 5.69 Å². The highest BCUT2D eigenvalue weighted by atomic mass is 35.5. The molecule has 0 aromatic heterocycles. The topological polar surface area (TPSA) is 86.6 Å². The summed E-state index contributed by atoms with van der Waals surface area (Å²) in [5.41, 5.74) is 0.479. The number of carboxylic acids is 1. The lowest BCUT2D eigenvalue weighted by Crippen LogP contribution is -2.13. The van der Waals surface area contributed by atoms with E-state index < -0.39 is 11.9 Å². The molecule has 0 saturated heterocycles. The molecule has 0 bridgehead atoms. The molecule has 1 amide bonds. The van der Waals surface area contributed by atoms with Crippen molar-refractivity contribution in [3.8, 4) is 5.75 Å². The molecule has 2 rings (SSSR count). The molecule has 5 nitrogen and oxygen atoms in total. The van der Waals surface area contributed by atoms with Gasteiger partial charge in [-0.2, -0.15) is 0 Å². The fourth-order valence-electron chi connectivity index (χ4n) is 1.89. The van der Waals surface area contributed by atoms with Crippen LogP contribution in [-0.2, 0) is 0 Å². The minimum absolute atomic E-state index is 0.180. The number of hydrogen-bond donors (Lipinski definition) is 3. The summed E-state index contributed by atoms with van der Waals surface area (Å²) in [6.45, 7) is 1.53. The number of carbonyl (C=O) groups is 2. The van der Waals surface area contributed by atoms with E-state index in [4.69, 9.17) is 28.3 Å². The highest BCUT2D eigenvalue weighted by Crippen LogP contribution is 2.28. The zero-order valence-corrected chi connectivity index (χ0v) is 12.9. The summed E-state index contributed by atoms with van der Waals surface area (Å²) in [7, 11) is 0. The Hall–Kier alpha value is -2.24. The number of carbonyl (C=O) groups excluding carboxylic acids is 1. The maximum Gasteiger partial charge on any atom is 0.339 e. The van der Waals surface area contributed by atoms with E-state index >= 15 is 0 Å². The average Bonchev–Trinajstić information content (AvgIpc) is 2.42. The zero-order chi connectivity index (χ0) is 16.4. The molecular formula is C15H11Cl2NO4. The van der Waals surface area contributed by atoms with Gasteiger partial charge in [0.05, 0.1) is 10.6 Å². The van der Waals surface area contributed by atoms with E-state index in [0.29, 0.717) is 10.6 Å². The fourth-order valence-corrected chi connectivity index (χ4v) is 2.38. The molecule has 0 aliphatic heterocycles. The van der Waals surface area contributed by atoms with Crippen molar-refractivity contribution in [2.75, 3.05) is 5.32 Å². The van der Waals surface area contributed by atoms with Gasteiger partial charge in [0, 0.05) is 10.7 Å². The van der Waals surface area contributed by atoms with Gasteiger partial charge in [0.25, 0.3) is 5.91 Å². The molecular weight excluding hydrogens is 329 g/mol. The Balaban J connectivity index is 2.34.